The van der Waals surface area contributed by atoms with E-state index in [9.17, 15) is 17.6 Å². The van der Waals surface area contributed by atoms with Crippen molar-refractivity contribution in [1.82, 2.24) is 0 Å². The molecule has 210 valence electrons. The topological polar surface area (TPSA) is 27.7 Å². The molecule has 7 heteroatoms. The van der Waals surface area contributed by atoms with Crippen molar-refractivity contribution in [2.45, 2.75) is 45.6 Å². The summed E-state index contributed by atoms with van der Waals surface area (Å²) in [5.74, 6) is -4.08. The van der Waals surface area contributed by atoms with Crippen LogP contribution in [-0.2, 0) is 6.42 Å². The second-order valence-electron chi connectivity index (χ2n) is 9.41. The lowest BCUT2D eigenvalue weighted by Gasteiger charge is -2.19. The maximum Gasteiger partial charge on any atom is 0.433 e. The minimum absolute atomic E-state index is 0.0956. The second-order valence-corrected chi connectivity index (χ2v) is 9.41. The number of hydrogen-bond acceptors (Lipinski definition) is 3. The van der Waals surface area contributed by atoms with Gasteiger partial charge in [-0.3, -0.25) is 0 Å². The van der Waals surface area contributed by atoms with E-state index in [0.29, 0.717) is 0 Å². The van der Waals surface area contributed by atoms with Crippen LogP contribution in [0.2, 0.25) is 0 Å². The van der Waals surface area contributed by atoms with Crippen molar-refractivity contribution in [2.75, 3.05) is 13.2 Å². The molecule has 0 N–H and O–H groups in total. The molecule has 0 heterocycles. The summed E-state index contributed by atoms with van der Waals surface area (Å²) in [7, 11) is 0. The molecule has 4 rings (SSSR count). The molecule has 0 aliphatic heterocycles. The van der Waals surface area contributed by atoms with Gasteiger partial charge in [0.2, 0.25) is 11.6 Å². The first-order chi connectivity index (χ1) is 19.3. The molecule has 0 saturated heterocycles. The lowest BCUT2D eigenvalue weighted by atomic mass is 9.98. The van der Waals surface area contributed by atoms with Gasteiger partial charge in [-0.1, -0.05) is 80.4 Å². The Morgan fingerprint density at radius 1 is 0.600 bits per heavy atom. The van der Waals surface area contributed by atoms with Crippen molar-refractivity contribution in [1.29, 1.82) is 0 Å². The fourth-order valence-electron chi connectivity index (χ4n) is 4.26. The largest absolute Gasteiger partial charge is 0.491 e. The van der Waals surface area contributed by atoms with Crippen LogP contribution >= 0.6 is 0 Å². The van der Waals surface area contributed by atoms with Crippen LogP contribution in [0.4, 0.5) is 17.6 Å². The molecule has 40 heavy (non-hydrogen) atoms. The molecular weight excluding hydrogens is 520 g/mol. The molecule has 3 nitrogen and oxygen atoms in total. The first-order valence-electron chi connectivity index (χ1n) is 13.4. The molecule has 0 fully saturated rings. The van der Waals surface area contributed by atoms with Gasteiger partial charge in [-0.05, 0) is 71.8 Å². The summed E-state index contributed by atoms with van der Waals surface area (Å²) in [6.45, 7) is 2.70. The number of benzene rings is 4. The first kappa shape index (κ1) is 29.0. The van der Waals surface area contributed by atoms with Crippen molar-refractivity contribution >= 4 is 0 Å². The predicted octanol–water partition coefficient (Wildman–Crippen LogP) is 9.48. The Morgan fingerprint density at radius 3 is 1.65 bits per heavy atom. The molecule has 0 spiro atoms. The van der Waals surface area contributed by atoms with E-state index in [1.54, 1.807) is 31.2 Å². The van der Waals surface area contributed by atoms with E-state index >= 15 is 0 Å². The highest BCUT2D eigenvalue weighted by Crippen LogP contribution is 2.32. The number of unbranched alkanes of at least 4 members (excludes halogenated alkanes) is 2. The standard InChI is InChI=1S/C33H32F4O3/c1-3-5-6-7-23-8-10-24(11-9-23)25-12-14-26(15-13-25)27-16-18-28(19-17-27)39-22-33(36,37)40-30-21-20-29(38-4-2)31(34)32(30)35/h8-21H,3-7,22H2,1-2H3. The molecule has 0 atom stereocenters. The summed E-state index contributed by atoms with van der Waals surface area (Å²) in [5.41, 5.74) is 5.45. The van der Waals surface area contributed by atoms with Crippen molar-refractivity contribution in [3.8, 4) is 39.5 Å². The van der Waals surface area contributed by atoms with Gasteiger partial charge in [-0.15, -0.1) is 0 Å². The van der Waals surface area contributed by atoms with Gasteiger partial charge in [0.25, 0.3) is 0 Å². The van der Waals surface area contributed by atoms with E-state index in [1.165, 1.54) is 24.8 Å². The van der Waals surface area contributed by atoms with Crippen LogP contribution in [0.3, 0.4) is 0 Å². The Bertz CT molecular complexity index is 1370. The van der Waals surface area contributed by atoms with Gasteiger partial charge in [0, 0.05) is 0 Å². The quantitative estimate of drug-likeness (QED) is 0.122. The van der Waals surface area contributed by atoms with Crippen LogP contribution in [0.1, 0.15) is 38.7 Å². The van der Waals surface area contributed by atoms with Gasteiger partial charge >= 0.3 is 6.11 Å². The fraction of sp³-hybridized carbons (Fsp3) is 0.273. The molecule has 0 aliphatic carbocycles. The van der Waals surface area contributed by atoms with E-state index in [4.69, 9.17) is 9.47 Å². The molecule has 0 radical (unpaired) electrons. The van der Waals surface area contributed by atoms with Crippen molar-refractivity contribution < 1.29 is 31.8 Å². The average Bonchev–Trinajstić information content (AvgIpc) is 2.97. The van der Waals surface area contributed by atoms with Gasteiger partial charge in [-0.25, -0.2) is 0 Å². The normalized spacial score (nSPS) is 11.3. The van der Waals surface area contributed by atoms with Gasteiger partial charge in [0.1, 0.15) is 5.75 Å². The summed E-state index contributed by atoms with van der Waals surface area (Å²) in [5, 5.41) is 0. The van der Waals surface area contributed by atoms with E-state index in [1.807, 2.05) is 24.3 Å². The third-order valence-electron chi connectivity index (χ3n) is 6.41. The van der Waals surface area contributed by atoms with Crippen molar-refractivity contribution in [3.63, 3.8) is 0 Å². The highest BCUT2D eigenvalue weighted by molar-refractivity contribution is 5.70. The summed E-state index contributed by atoms with van der Waals surface area (Å²) < 4.78 is 71.2. The Kier molecular flexibility index (Phi) is 9.70. The molecule has 0 amide bonds. The summed E-state index contributed by atoms with van der Waals surface area (Å²) >= 11 is 0. The van der Waals surface area contributed by atoms with E-state index < -0.39 is 30.1 Å². The van der Waals surface area contributed by atoms with Crippen molar-refractivity contribution in [2.24, 2.45) is 0 Å². The van der Waals surface area contributed by atoms with Crippen LogP contribution < -0.4 is 14.2 Å². The Hall–Kier alpha value is -4.00. The number of rotatable bonds is 13. The number of ether oxygens (including phenoxy) is 3. The smallest absolute Gasteiger partial charge is 0.433 e. The average molecular weight is 553 g/mol. The molecular formula is C33H32F4O3. The fourth-order valence-corrected chi connectivity index (χ4v) is 4.26. The zero-order valence-corrected chi connectivity index (χ0v) is 22.6. The molecule has 4 aromatic carbocycles. The Morgan fingerprint density at radius 2 is 1.10 bits per heavy atom. The number of halogens is 4. The summed E-state index contributed by atoms with van der Waals surface area (Å²) in [6, 6.07) is 25.3. The maximum atomic E-state index is 14.3. The van der Waals surface area contributed by atoms with E-state index in [-0.39, 0.29) is 18.1 Å². The van der Waals surface area contributed by atoms with Crippen LogP contribution in [0.25, 0.3) is 22.3 Å². The highest BCUT2D eigenvalue weighted by Gasteiger charge is 2.35. The molecule has 4 aromatic rings. The number of aryl methyl sites for hydroxylation is 1. The first-order valence-corrected chi connectivity index (χ1v) is 13.4. The zero-order valence-electron chi connectivity index (χ0n) is 22.6. The minimum atomic E-state index is -3.90. The number of hydrogen-bond donors (Lipinski definition) is 0. The SMILES string of the molecule is CCCCCc1ccc(-c2ccc(-c3ccc(OCC(F)(F)Oc4ccc(OCC)c(F)c4F)cc3)cc2)cc1. The van der Waals surface area contributed by atoms with Crippen LogP contribution in [0, 0.1) is 11.6 Å². The molecule has 0 unspecified atom stereocenters. The van der Waals surface area contributed by atoms with Gasteiger partial charge in [-0.2, -0.15) is 17.6 Å². The minimum Gasteiger partial charge on any atom is -0.491 e. The lowest BCUT2D eigenvalue weighted by molar-refractivity contribution is -0.196. The second kappa shape index (κ2) is 13.4. The van der Waals surface area contributed by atoms with Gasteiger partial charge in [0.05, 0.1) is 6.61 Å². The maximum absolute atomic E-state index is 14.3. The molecule has 0 bridgehead atoms. The van der Waals surface area contributed by atoms with Gasteiger partial charge in [0.15, 0.2) is 18.1 Å². The third-order valence-corrected chi connectivity index (χ3v) is 6.41. The monoisotopic (exact) mass is 552 g/mol. The summed E-state index contributed by atoms with van der Waals surface area (Å²) in [6.07, 6.45) is 0.852. The number of alkyl halides is 2. The molecule has 0 aliphatic rings. The van der Waals surface area contributed by atoms with E-state index in [2.05, 4.69) is 35.9 Å². The van der Waals surface area contributed by atoms with Crippen LogP contribution in [0.5, 0.6) is 17.2 Å². The Labute approximate surface area is 232 Å². The third kappa shape index (κ3) is 7.56. The predicted molar refractivity (Wildman–Crippen MR) is 149 cm³/mol. The highest BCUT2D eigenvalue weighted by atomic mass is 19.3. The Balaban J connectivity index is 1.34. The van der Waals surface area contributed by atoms with Crippen molar-refractivity contribution in [3.05, 3.63) is 102 Å². The van der Waals surface area contributed by atoms with E-state index in [0.717, 1.165) is 40.8 Å². The van der Waals surface area contributed by atoms with Gasteiger partial charge < -0.3 is 14.2 Å². The molecule has 0 saturated carbocycles. The summed E-state index contributed by atoms with van der Waals surface area (Å²) in [4.78, 5) is 0. The van der Waals surface area contributed by atoms with Crippen LogP contribution in [0.15, 0.2) is 84.9 Å². The zero-order chi connectivity index (χ0) is 28.5. The lowest BCUT2D eigenvalue weighted by Crippen LogP contribution is -2.33. The molecule has 0 aromatic heterocycles. The van der Waals surface area contributed by atoms with Crippen LogP contribution in [-0.4, -0.2) is 19.3 Å².